The Bertz CT molecular complexity index is 1160. The molecule has 0 atom stereocenters. The molecular weight excluding hydrogens is 368 g/mol. The molecule has 0 saturated heterocycles. The van der Waals surface area contributed by atoms with Crippen LogP contribution in [0.2, 0.25) is 0 Å². The topological polar surface area (TPSA) is 90.1 Å². The molecule has 7 nitrogen and oxygen atoms in total. The molecule has 1 N–H and O–H groups in total. The lowest BCUT2D eigenvalue weighted by Gasteiger charge is -2.12. The van der Waals surface area contributed by atoms with E-state index in [0.29, 0.717) is 34.3 Å². The Morgan fingerprint density at radius 3 is 2.72 bits per heavy atom. The Labute approximate surface area is 167 Å². The summed E-state index contributed by atoms with van der Waals surface area (Å²) in [6.45, 7) is 1.89. The van der Waals surface area contributed by atoms with Gasteiger partial charge in [0.2, 0.25) is 5.82 Å². The number of rotatable bonds is 5. The van der Waals surface area contributed by atoms with Crippen molar-refractivity contribution in [2.24, 2.45) is 0 Å². The quantitative estimate of drug-likeness (QED) is 0.548. The molecule has 7 heteroatoms. The average molecular weight is 386 g/mol. The van der Waals surface area contributed by atoms with E-state index in [1.165, 1.54) is 0 Å². The van der Waals surface area contributed by atoms with Crippen molar-refractivity contribution >= 4 is 11.6 Å². The molecule has 2 heterocycles. The van der Waals surface area contributed by atoms with Crippen LogP contribution in [0.5, 0.6) is 5.75 Å². The molecule has 1 amide bonds. The zero-order chi connectivity index (χ0) is 20.2. The molecule has 0 aliphatic rings. The number of pyridine rings is 1. The van der Waals surface area contributed by atoms with Gasteiger partial charge < -0.3 is 14.6 Å². The number of carbonyl (C=O) groups excluding carboxylic acids is 1. The largest absolute Gasteiger partial charge is 0.496 e. The van der Waals surface area contributed by atoms with Gasteiger partial charge in [0.05, 0.1) is 23.9 Å². The number of aryl methyl sites for hydroxylation is 1. The SMILES string of the molecule is COc1c(C)cccc1C(=O)Nc1ccccc1-c1nc(-c2cccnc2)no1. The van der Waals surface area contributed by atoms with Crippen LogP contribution in [0.25, 0.3) is 22.8 Å². The molecule has 4 aromatic rings. The van der Waals surface area contributed by atoms with Gasteiger partial charge in [-0.25, -0.2) is 0 Å². The van der Waals surface area contributed by atoms with Gasteiger partial charge >= 0.3 is 0 Å². The summed E-state index contributed by atoms with van der Waals surface area (Å²) in [5.74, 6) is 0.981. The number of hydrogen-bond donors (Lipinski definition) is 1. The number of ether oxygens (including phenoxy) is 1. The van der Waals surface area contributed by atoms with Gasteiger partial charge in [-0.15, -0.1) is 0 Å². The van der Waals surface area contributed by atoms with Crippen LogP contribution in [0.3, 0.4) is 0 Å². The minimum absolute atomic E-state index is 0.287. The molecule has 0 bridgehead atoms. The second kappa shape index (κ2) is 7.93. The number of nitrogens with zero attached hydrogens (tertiary/aromatic N) is 3. The van der Waals surface area contributed by atoms with Crippen LogP contribution in [-0.4, -0.2) is 28.1 Å². The maximum absolute atomic E-state index is 12.9. The Morgan fingerprint density at radius 1 is 1.07 bits per heavy atom. The van der Waals surface area contributed by atoms with E-state index in [9.17, 15) is 4.79 Å². The van der Waals surface area contributed by atoms with Crippen LogP contribution in [0.4, 0.5) is 5.69 Å². The van der Waals surface area contributed by atoms with E-state index in [4.69, 9.17) is 9.26 Å². The number of aromatic nitrogens is 3. The molecule has 0 fully saturated rings. The van der Waals surface area contributed by atoms with E-state index >= 15 is 0 Å². The fourth-order valence-corrected chi connectivity index (χ4v) is 3.02. The third kappa shape index (κ3) is 3.70. The minimum Gasteiger partial charge on any atom is -0.496 e. The first-order chi connectivity index (χ1) is 14.2. The van der Waals surface area contributed by atoms with E-state index in [1.807, 2.05) is 43.3 Å². The molecule has 0 radical (unpaired) electrons. The first-order valence-corrected chi connectivity index (χ1v) is 8.96. The molecule has 2 aromatic carbocycles. The molecule has 0 unspecified atom stereocenters. The van der Waals surface area contributed by atoms with Gasteiger partial charge in [-0.05, 0) is 42.8 Å². The van der Waals surface area contributed by atoms with Crippen LogP contribution < -0.4 is 10.1 Å². The molecule has 4 rings (SSSR count). The van der Waals surface area contributed by atoms with Crippen molar-refractivity contribution in [3.8, 4) is 28.6 Å². The maximum atomic E-state index is 12.9. The van der Waals surface area contributed by atoms with E-state index in [0.717, 1.165) is 11.1 Å². The molecule has 0 saturated carbocycles. The predicted octanol–water partition coefficient (Wildman–Crippen LogP) is 4.37. The number of methoxy groups -OCH3 is 1. The molecule has 0 aliphatic carbocycles. The second-order valence-corrected chi connectivity index (χ2v) is 6.32. The Hall–Kier alpha value is -4.00. The fourth-order valence-electron chi connectivity index (χ4n) is 3.02. The number of para-hydroxylation sites is 2. The maximum Gasteiger partial charge on any atom is 0.260 e. The van der Waals surface area contributed by atoms with Gasteiger partial charge in [0.1, 0.15) is 5.75 Å². The van der Waals surface area contributed by atoms with E-state index in [2.05, 4.69) is 20.4 Å². The zero-order valence-electron chi connectivity index (χ0n) is 15.9. The number of carbonyl (C=O) groups is 1. The van der Waals surface area contributed by atoms with Crippen LogP contribution >= 0.6 is 0 Å². The average Bonchev–Trinajstić information content (AvgIpc) is 3.24. The first kappa shape index (κ1) is 18.4. The standard InChI is InChI=1S/C22H18N4O3/c1-14-7-5-10-17(19(14)28-2)21(27)24-18-11-4-3-9-16(18)22-25-20(26-29-22)15-8-6-12-23-13-15/h3-13H,1-2H3,(H,24,27). The summed E-state index contributed by atoms with van der Waals surface area (Å²) in [6, 6.07) is 16.3. The van der Waals surface area contributed by atoms with Crippen molar-refractivity contribution in [2.45, 2.75) is 6.92 Å². The summed E-state index contributed by atoms with van der Waals surface area (Å²) in [5, 5.41) is 6.94. The van der Waals surface area contributed by atoms with Crippen LogP contribution in [-0.2, 0) is 0 Å². The van der Waals surface area contributed by atoms with Gasteiger partial charge in [-0.2, -0.15) is 4.98 Å². The molecule has 0 spiro atoms. The second-order valence-electron chi connectivity index (χ2n) is 6.32. The Balaban J connectivity index is 1.66. The highest BCUT2D eigenvalue weighted by Crippen LogP contribution is 2.30. The minimum atomic E-state index is -0.287. The van der Waals surface area contributed by atoms with Crippen LogP contribution in [0, 0.1) is 6.92 Å². The highest BCUT2D eigenvalue weighted by atomic mass is 16.5. The smallest absolute Gasteiger partial charge is 0.260 e. The first-order valence-electron chi connectivity index (χ1n) is 8.96. The number of hydrogen-bond acceptors (Lipinski definition) is 6. The molecule has 2 aromatic heterocycles. The Kier molecular flexibility index (Phi) is 5.03. The highest BCUT2D eigenvalue weighted by molar-refractivity contribution is 6.08. The number of amides is 1. The lowest BCUT2D eigenvalue weighted by atomic mass is 10.1. The highest BCUT2D eigenvalue weighted by Gasteiger charge is 2.18. The third-order valence-corrected chi connectivity index (χ3v) is 4.41. The summed E-state index contributed by atoms with van der Waals surface area (Å²) in [6.07, 6.45) is 3.33. The molecule has 144 valence electrons. The summed E-state index contributed by atoms with van der Waals surface area (Å²) in [5.41, 5.74) is 3.25. The summed E-state index contributed by atoms with van der Waals surface area (Å²) < 4.78 is 10.8. The molecule has 0 aliphatic heterocycles. The van der Waals surface area contributed by atoms with Gasteiger partial charge in [-0.3, -0.25) is 9.78 Å². The van der Waals surface area contributed by atoms with Crippen molar-refractivity contribution in [1.29, 1.82) is 0 Å². The third-order valence-electron chi connectivity index (χ3n) is 4.41. The number of benzene rings is 2. The summed E-state index contributed by atoms with van der Waals surface area (Å²) in [4.78, 5) is 21.4. The monoisotopic (exact) mass is 386 g/mol. The Morgan fingerprint density at radius 2 is 1.93 bits per heavy atom. The van der Waals surface area contributed by atoms with E-state index < -0.39 is 0 Å². The van der Waals surface area contributed by atoms with Gasteiger partial charge in [-0.1, -0.05) is 29.4 Å². The van der Waals surface area contributed by atoms with Gasteiger partial charge in [0, 0.05) is 18.0 Å². The van der Waals surface area contributed by atoms with Crippen LogP contribution in [0.1, 0.15) is 15.9 Å². The van der Waals surface area contributed by atoms with Gasteiger partial charge in [0.15, 0.2) is 0 Å². The van der Waals surface area contributed by atoms with Crippen molar-refractivity contribution in [3.05, 3.63) is 78.1 Å². The predicted molar refractivity (Wildman–Crippen MR) is 109 cm³/mol. The zero-order valence-corrected chi connectivity index (χ0v) is 15.9. The van der Waals surface area contributed by atoms with Crippen molar-refractivity contribution in [1.82, 2.24) is 15.1 Å². The van der Waals surface area contributed by atoms with E-state index in [1.54, 1.807) is 37.7 Å². The lowest BCUT2D eigenvalue weighted by molar-refractivity contribution is 0.102. The van der Waals surface area contributed by atoms with Crippen LogP contribution in [0.15, 0.2) is 71.5 Å². The van der Waals surface area contributed by atoms with E-state index in [-0.39, 0.29) is 5.91 Å². The lowest BCUT2D eigenvalue weighted by Crippen LogP contribution is -2.14. The molecular formula is C22H18N4O3. The summed E-state index contributed by atoms with van der Waals surface area (Å²) >= 11 is 0. The van der Waals surface area contributed by atoms with Crippen molar-refractivity contribution in [2.75, 3.05) is 12.4 Å². The van der Waals surface area contributed by atoms with Crippen molar-refractivity contribution < 1.29 is 14.1 Å². The number of nitrogens with one attached hydrogen (secondary N) is 1. The molecule has 29 heavy (non-hydrogen) atoms. The summed E-state index contributed by atoms with van der Waals surface area (Å²) in [7, 11) is 1.55. The number of anilines is 1. The van der Waals surface area contributed by atoms with Gasteiger partial charge in [0.25, 0.3) is 11.8 Å². The fraction of sp³-hybridized carbons (Fsp3) is 0.0909. The normalized spacial score (nSPS) is 10.6. The van der Waals surface area contributed by atoms with Crippen molar-refractivity contribution in [3.63, 3.8) is 0 Å².